The number of amides is 1. The standard InChI is InChI=1S/C22H35N5O2/c1-2-23-22(26-19-7-3-4-8-19)24-17-18-6-5-9-20(16-18)25-21(28)10-11-27-12-14-29-15-13-27/h5-6,9,16,19H,2-4,7-8,10-15,17H2,1H3,(H,25,28)(H2,23,24,26). The van der Waals surface area contributed by atoms with Gasteiger partial charge >= 0.3 is 0 Å². The summed E-state index contributed by atoms with van der Waals surface area (Å²) in [4.78, 5) is 19.3. The number of hydrogen-bond acceptors (Lipinski definition) is 4. The van der Waals surface area contributed by atoms with Gasteiger partial charge in [-0.05, 0) is 37.5 Å². The number of nitrogens with zero attached hydrogens (tertiary/aromatic N) is 2. The third-order valence-corrected chi connectivity index (χ3v) is 5.43. The molecule has 0 spiro atoms. The molecule has 1 aliphatic carbocycles. The fraction of sp³-hybridized carbons (Fsp3) is 0.636. The minimum atomic E-state index is 0.0494. The van der Waals surface area contributed by atoms with Crippen molar-refractivity contribution in [2.75, 3.05) is 44.7 Å². The van der Waals surface area contributed by atoms with Gasteiger partial charge in [0.05, 0.1) is 19.8 Å². The van der Waals surface area contributed by atoms with Gasteiger partial charge in [0.2, 0.25) is 5.91 Å². The number of anilines is 1. The van der Waals surface area contributed by atoms with Crippen molar-refractivity contribution in [1.29, 1.82) is 0 Å². The van der Waals surface area contributed by atoms with Crippen LogP contribution in [-0.2, 0) is 16.1 Å². The molecule has 3 N–H and O–H groups in total. The molecule has 1 saturated heterocycles. The number of morpholine rings is 1. The highest BCUT2D eigenvalue weighted by Crippen LogP contribution is 2.17. The summed E-state index contributed by atoms with van der Waals surface area (Å²) < 4.78 is 5.35. The van der Waals surface area contributed by atoms with E-state index in [-0.39, 0.29) is 5.91 Å². The van der Waals surface area contributed by atoms with Gasteiger partial charge in [-0.3, -0.25) is 9.69 Å². The fourth-order valence-corrected chi connectivity index (χ4v) is 3.81. The molecule has 7 heteroatoms. The minimum absolute atomic E-state index is 0.0494. The quantitative estimate of drug-likeness (QED) is 0.460. The summed E-state index contributed by atoms with van der Waals surface area (Å²) in [5.74, 6) is 0.924. The molecule has 1 aromatic carbocycles. The van der Waals surface area contributed by atoms with Crippen LogP contribution in [0, 0.1) is 0 Å². The molecule has 0 aromatic heterocycles. The molecule has 160 valence electrons. The van der Waals surface area contributed by atoms with E-state index in [9.17, 15) is 4.79 Å². The first-order chi connectivity index (χ1) is 14.2. The van der Waals surface area contributed by atoms with Crippen LogP contribution in [0.15, 0.2) is 29.3 Å². The summed E-state index contributed by atoms with van der Waals surface area (Å²) in [6.07, 6.45) is 5.53. The van der Waals surface area contributed by atoms with Gasteiger partial charge in [-0.25, -0.2) is 4.99 Å². The number of carbonyl (C=O) groups excluding carboxylic acids is 1. The maximum absolute atomic E-state index is 12.3. The molecule has 3 rings (SSSR count). The van der Waals surface area contributed by atoms with Gasteiger partial charge in [-0.1, -0.05) is 25.0 Å². The van der Waals surface area contributed by atoms with Gasteiger partial charge in [0.25, 0.3) is 0 Å². The van der Waals surface area contributed by atoms with Crippen LogP contribution in [0.1, 0.15) is 44.6 Å². The summed E-state index contributed by atoms with van der Waals surface area (Å²) in [6, 6.07) is 8.49. The molecule has 2 fully saturated rings. The topological polar surface area (TPSA) is 78.0 Å². The number of carbonyl (C=O) groups is 1. The van der Waals surface area contributed by atoms with Gasteiger partial charge in [0.15, 0.2) is 5.96 Å². The highest BCUT2D eigenvalue weighted by Gasteiger charge is 2.16. The van der Waals surface area contributed by atoms with Crippen molar-refractivity contribution in [2.45, 2.75) is 51.6 Å². The van der Waals surface area contributed by atoms with E-state index in [0.29, 0.717) is 19.0 Å². The maximum atomic E-state index is 12.3. The molecule has 0 radical (unpaired) electrons. The Bertz CT molecular complexity index is 667. The van der Waals surface area contributed by atoms with Crippen molar-refractivity contribution < 1.29 is 9.53 Å². The lowest BCUT2D eigenvalue weighted by molar-refractivity contribution is -0.116. The molecule has 0 atom stereocenters. The van der Waals surface area contributed by atoms with Crippen LogP contribution in [0.4, 0.5) is 5.69 Å². The molecule has 0 bridgehead atoms. The van der Waals surface area contributed by atoms with Crippen molar-refractivity contribution >= 4 is 17.6 Å². The summed E-state index contributed by atoms with van der Waals surface area (Å²) in [6.45, 7) is 7.62. The third kappa shape index (κ3) is 7.66. The average Bonchev–Trinajstić information content (AvgIpc) is 3.25. The van der Waals surface area contributed by atoms with Crippen molar-refractivity contribution in [3.8, 4) is 0 Å². The molecule has 29 heavy (non-hydrogen) atoms. The number of hydrogen-bond donors (Lipinski definition) is 3. The van der Waals surface area contributed by atoms with E-state index in [1.165, 1.54) is 25.7 Å². The predicted octanol–water partition coefficient (Wildman–Crippen LogP) is 2.35. The van der Waals surface area contributed by atoms with E-state index in [1.54, 1.807) is 0 Å². The Hall–Kier alpha value is -2.12. The Labute approximate surface area is 174 Å². The fourth-order valence-electron chi connectivity index (χ4n) is 3.81. The Balaban J connectivity index is 1.48. The summed E-state index contributed by atoms with van der Waals surface area (Å²) in [5.41, 5.74) is 1.91. The Morgan fingerprint density at radius 2 is 2.03 bits per heavy atom. The van der Waals surface area contributed by atoms with E-state index in [4.69, 9.17) is 9.73 Å². The number of rotatable bonds is 8. The molecule has 2 aliphatic rings. The molecule has 7 nitrogen and oxygen atoms in total. The second kappa shape index (κ2) is 11.8. The Kier molecular flexibility index (Phi) is 8.77. The highest BCUT2D eigenvalue weighted by atomic mass is 16.5. The SMILES string of the molecule is CCNC(=NCc1cccc(NC(=O)CCN2CCOCC2)c1)NC1CCCC1. The van der Waals surface area contributed by atoms with Gasteiger partial charge in [-0.2, -0.15) is 0 Å². The van der Waals surface area contributed by atoms with E-state index in [1.807, 2.05) is 24.3 Å². The highest BCUT2D eigenvalue weighted by molar-refractivity contribution is 5.90. The van der Waals surface area contributed by atoms with Gasteiger partial charge in [-0.15, -0.1) is 0 Å². The lowest BCUT2D eigenvalue weighted by Crippen LogP contribution is -2.42. The number of benzene rings is 1. The van der Waals surface area contributed by atoms with Crippen molar-refractivity contribution in [3.63, 3.8) is 0 Å². The van der Waals surface area contributed by atoms with Crippen LogP contribution in [0.3, 0.4) is 0 Å². The number of aliphatic imine (C=N–C) groups is 1. The minimum Gasteiger partial charge on any atom is -0.379 e. The zero-order chi connectivity index (χ0) is 20.3. The maximum Gasteiger partial charge on any atom is 0.225 e. The van der Waals surface area contributed by atoms with Gasteiger partial charge in [0.1, 0.15) is 0 Å². The van der Waals surface area contributed by atoms with Crippen LogP contribution in [0.5, 0.6) is 0 Å². The number of ether oxygens (including phenoxy) is 1. The normalized spacial score (nSPS) is 18.6. The molecule has 1 saturated carbocycles. The van der Waals surface area contributed by atoms with Gasteiger partial charge in [0, 0.05) is 44.3 Å². The lowest BCUT2D eigenvalue weighted by Gasteiger charge is -2.26. The summed E-state index contributed by atoms with van der Waals surface area (Å²) >= 11 is 0. The van der Waals surface area contributed by atoms with Crippen molar-refractivity contribution in [3.05, 3.63) is 29.8 Å². The van der Waals surface area contributed by atoms with Gasteiger partial charge < -0.3 is 20.7 Å². The Morgan fingerprint density at radius 1 is 1.24 bits per heavy atom. The second-order valence-electron chi connectivity index (χ2n) is 7.77. The van der Waals surface area contributed by atoms with E-state index >= 15 is 0 Å². The van der Waals surface area contributed by atoms with Crippen LogP contribution < -0.4 is 16.0 Å². The van der Waals surface area contributed by atoms with E-state index < -0.39 is 0 Å². The largest absolute Gasteiger partial charge is 0.379 e. The van der Waals surface area contributed by atoms with Crippen LogP contribution in [0.2, 0.25) is 0 Å². The number of nitrogens with one attached hydrogen (secondary N) is 3. The van der Waals surface area contributed by atoms with E-state index in [0.717, 1.165) is 56.6 Å². The molecule has 1 aromatic rings. The van der Waals surface area contributed by atoms with E-state index in [2.05, 4.69) is 27.8 Å². The zero-order valence-corrected chi connectivity index (χ0v) is 17.6. The Morgan fingerprint density at radius 3 is 2.79 bits per heavy atom. The number of guanidine groups is 1. The molecular formula is C22H35N5O2. The van der Waals surface area contributed by atoms with Crippen molar-refractivity contribution in [1.82, 2.24) is 15.5 Å². The molecule has 1 amide bonds. The summed E-state index contributed by atoms with van der Waals surface area (Å²) in [5, 5.41) is 9.88. The zero-order valence-electron chi connectivity index (χ0n) is 17.6. The first kappa shape index (κ1) is 21.6. The van der Waals surface area contributed by atoms with Crippen LogP contribution in [0.25, 0.3) is 0 Å². The lowest BCUT2D eigenvalue weighted by atomic mass is 10.2. The van der Waals surface area contributed by atoms with Crippen LogP contribution in [-0.4, -0.2) is 62.2 Å². The smallest absolute Gasteiger partial charge is 0.225 e. The molecule has 1 aliphatic heterocycles. The predicted molar refractivity (Wildman–Crippen MR) is 117 cm³/mol. The summed E-state index contributed by atoms with van der Waals surface area (Å²) in [7, 11) is 0. The first-order valence-electron chi connectivity index (χ1n) is 11.0. The molecular weight excluding hydrogens is 366 g/mol. The second-order valence-corrected chi connectivity index (χ2v) is 7.77. The average molecular weight is 402 g/mol. The molecule has 1 heterocycles. The monoisotopic (exact) mass is 401 g/mol. The third-order valence-electron chi connectivity index (χ3n) is 5.43. The molecule has 0 unspecified atom stereocenters. The van der Waals surface area contributed by atoms with Crippen LogP contribution >= 0.6 is 0 Å². The van der Waals surface area contributed by atoms with Crippen molar-refractivity contribution in [2.24, 2.45) is 4.99 Å². The first-order valence-corrected chi connectivity index (χ1v) is 11.0.